The third-order valence-corrected chi connectivity index (χ3v) is 9.21. The molecule has 204 valence electrons. The zero-order chi connectivity index (χ0) is 29.0. The van der Waals surface area contributed by atoms with Gasteiger partial charge >= 0.3 is 0 Å². The third kappa shape index (κ3) is 3.71. The molecule has 9 aromatic carbocycles. The molecule has 0 heterocycles. The van der Waals surface area contributed by atoms with Crippen LogP contribution in [0.1, 0.15) is 0 Å². The predicted molar refractivity (Wildman–Crippen MR) is 190 cm³/mol. The summed E-state index contributed by atoms with van der Waals surface area (Å²) in [5, 5.41) is 12.9. The molecule has 0 atom stereocenters. The Labute approximate surface area is 256 Å². The summed E-state index contributed by atoms with van der Waals surface area (Å²) in [6.45, 7) is 0. The van der Waals surface area contributed by atoms with E-state index in [9.17, 15) is 0 Å². The highest BCUT2D eigenvalue weighted by molar-refractivity contribution is 6.30. The lowest BCUT2D eigenvalue weighted by atomic mass is 9.83. The van der Waals surface area contributed by atoms with Gasteiger partial charge in [-0.15, -0.1) is 0 Å². The van der Waals surface area contributed by atoms with Gasteiger partial charge in [-0.1, -0.05) is 158 Å². The van der Waals surface area contributed by atoms with Gasteiger partial charge in [0.2, 0.25) is 0 Å². The maximum atomic E-state index is 2.45. The highest BCUT2D eigenvalue weighted by Gasteiger charge is 2.20. The molecule has 0 aliphatic rings. The molecule has 0 nitrogen and oxygen atoms in total. The highest BCUT2D eigenvalue weighted by Crippen LogP contribution is 2.47. The molecule has 0 saturated heterocycles. The second-order valence-electron chi connectivity index (χ2n) is 11.6. The molecule has 0 fully saturated rings. The van der Waals surface area contributed by atoms with Gasteiger partial charge in [0.25, 0.3) is 0 Å². The van der Waals surface area contributed by atoms with E-state index >= 15 is 0 Å². The number of hydrogen-bond acceptors (Lipinski definition) is 0. The van der Waals surface area contributed by atoms with Gasteiger partial charge in [0.05, 0.1) is 0 Å². The van der Waals surface area contributed by atoms with E-state index in [1.807, 2.05) is 0 Å². The molecule has 0 amide bonds. The van der Waals surface area contributed by atoms with E-state index in [1.54, 1.807) is 0 Å². The summed E-state index contributed by atoms with van der Waals surface area (Å²) in [6.07, 6.45) is 0. The smallest absolute Gasteiger partial charge is 0.00199 e. The van der Waals surface area contributed by atoms with E-state index in [0.717, 1.165) is 0 Å². The maximum absolute atomic E-state index is 2.45. The van der Waals surface area contributed by atoms with Gasteiger partial charge in [-0.05, 0) is 99.4 Å². The van der Waals surface area contributed by atoms with Crippen molar-refractivity contribution in [2.75, 3.05) is 0 Å². The van der Waals surface area contributed by atoms with Crippen LogP contribution >= 0.6 is 0 Å². The molecule has 0 saturated carbocycles. The molecule has 0 aliphatic carbocycles. The SMILES string of the molecule is c1ccc(-c2c3ccccc3c(-c3cc(-c4ccccc4)c4c5ccccc5c5ccccc5c4c3)c3ccccc23)cc1. The molecule has 0 heteroatoms. The van der Waals surface area contributed by atoms with Crippen LogP contribution in [0.4, 0.5) is 0 Å². The topological polar surface area (TPSA) is 0 Å². The molecule has 0 aliphatic heterocycles. The van der Waals surface area contributed by atoms with Crippen molar-refractivity contribution < 1.29 is 0 Å². The number of benzene rings is 9. The monoisotopic (exact) mass is 556 g/mol. The van der Waals surface area contributed by atoms with E-state index in [-0.39, 0.29) is 0 Å². The van der Waals surface area contributed by atoms with Crippen molar-refractivity contribution in [3.8, 4) is 33.4 Å². The summed E-state index contributed by atoms with van der Waals surface area (Å²) in [6, 6.07) is 62.3. The van der Waals surface area contributed by atoms with Gasteiger partial charge in [-0.25, -0.2) is 0 Å². The molecule has 44 heavy (non-hydrogen) atoms. The van der Waals surface area contributed by atoms with E-state index < -0.39 is 0 Å². The summed E-state index contributed by atoms with van der Waals surface area (Å²) >= 11 is 0. The van der Waals surface area contributed by atoms with Gasteiger partial charge < -0.3 is 0 Å². The Morgan fingerprint density at radius 3 is 1.11 bits per heavy atom. The molecule has 0 radical (unpaired) electrons. The molecular weight excluding hydrogens is 528 g/mol. The standard InChI is InChI=1S/C44H28/c1-3-15-29(16-4-1)40-27-31(28-41-34-21-8-7-19-32(34)33-20-9-10-22-35(33)44(40)41)43-38-25-13-11-23-36(38)42(30-17-5-2-6-18-30)37-24-12-14-26-39(37)43/h1-28H. The molecule has 0 unspecified atom stereocenters. The average Bonchev–Trinajstić information content (AvgIpc) is 3.11. The van der Waals surface area contributed by atoms with Gasteiger partial charge in [0.15, 0.2) is 0 Å². The van der Waals surface area contributed by atoms with Crippen LogP contribution in [0.15, 0.2) is 170 Å². The Bertz CT molecular complexity index is 2470. The van der Waals surface area contributed by atoms with Crippen LogP contribution in [0.3, 0.4) is 0 Å². The lowest BCUT2D eigenvalue weighted by Gasteiger charge is -2.20. The largest absolute Gasteiger partial charge is 0.0622 e. The number of rotatable bonds is 3. The predicted octanol–water partition coefficient (Wildman–Crippen LogP) is 12.5. The van der Waals surface area contributed by atoms with E-state index in [0.29, 0.717) is 0 Å². The van der Waals surface area contributed by atoms with Crippen molar-refractivity contribution in [2.24, 2.45) is 0 Å². The summed E-state index contributed by atoms with van der Waals surface area (Å²) in [7, 11) is 0. The molecule has 0 aromatic heterocycles. The molecular formula is C44H28. The Hall–Kier alpha value is -5.72. The quantitative estimate of drug-likeness (QED) is 0.150. The Kier molecular flexibility index (Phi) is 5.61. The Balaban J connectivity index is 1.50. The lowest BCUT2D eigenvalue weighted by molar-refractivity contribution is 1.65. The second-order valence-corrected chi connectivity index (χ2v) is 11.6. The zero-order valence-electron chi connectivity index (χ0n) is 24.2. The van der Waals surface area contributed by atoms with E-state index in [4.69, 9.17) is 0 Å². The first kappa shape index (κ1) is 24.8. The normalized spacial score (nSPS) is 11.6. The van der Waals surface area contributed by atoms with Crippen LogP contribution in [-0.4, -0.2) is 0 Å². The minimum atomic E-state index is 1.23. The molecule has 0 spiro atoms. The van der Waals surface area contributed by atoms with Crippen LogP contribution in [-0.2, 0) is 0 Å². The van der Waals surface area contributed by atoms with Crippen LogP contribution in [0, 0.1) is 0 Å². The first-order valence-corrected chi connectivity index (χ1v) is 15.3. The summed E-state index contributed by atoms with van der Waals surface area (Å²) in [5.74, 6) is 0. The summed E-state index contributed by atoms with van der Waals surface area (Å²) in [4.78, 5) is 0. The summed E-state index contributed by atoms with van der Waals surface area (Å²) < 4.78 is 0. The minimum absolute atomic E-state index is 1.23. The van der Waals surface area contributed by atoms with Gasteiger partial charge in [-0.2, -0.15) is 0 Å². The fourth-order valence-electron chi connectivity index (χ4n) is 7.38. The van der Waals surface area contributed by atoms with Crippen LogP contribution in [0.5, 0.6) is 0 Å². The molecule has 0 N–H and O–H groups in total. The fourth-order valence-corrected chi connectivity index (χ4v) is 7.38. The molecule has 0 bridgehead atoms. The summed E-state index contributed by atoms with van der Waals surface area (Å²) in [5.41, 5.74) is 7.55. The van der Waals surface area contributed by atoms with Gasteiger partial charge in [-0.3, -0.25) is 0 Å². The average molecular weight is 557 g/mol. The number of hydrogen-bond donors (Lipinski definition) is 0. The first-order chi connectivity index (χ1) is 21.9. The van der Waals surface area contributed by atoms with Crippen LogP contribution in [0.25, 0.3) is 87.2 Å². The second kappa shape index (κ2) is 9.93. The zero-order valence-corrected chi connectivity index (χ0v) is 24.2. The van der Waals surface area contributed by atoms with Gasteiger partial charge in [0, 0.05) is 0 Å². The molecule has 9 rings (SSSR count). The van der Waals surface area contributed by atoms with Crippen molar-refractivity contribution >= 4 is 53.9 Å². The fraction of sp³-hybridized carbons (Fsp3) is 0. The van der Waals surface area contributed by atoms with Crippen molar-refractivity contribution in [2.45, 2.75) is 0 Å². The van der Waals surface area contributed by atoms with Crippen LogP contribution < -0.4 is 0 Å². The van der Waals surface area contributed by atoms with Gasteiger partial charge in [0.1, 0.15) is 0 Å². The number of fused-ring (bicyclic) bond motifs is 8. The van der Waals surface area contributed by atoms with Crippen molar-refractivity contribution in [1.82, 2.24) is 0 Å². The van der Waals surface area contributed by atoms with Crippen molar-refractivity contribution in [3.05, 3.63) is 170 Å². The van der Waals surface area contributed by atoms with E-state index in [1.165, 1.54) is 87.2 Å². The van der Waals surface area contributed by atoms with Crippen molar-refractivity contribution in [3.63, 3.8) is 0 Å². The van der Waals surface area contributed by atoms with Crippen molar-refractivity contribution in [1.29, 1.82) is 0 Å². The first-order valence-electron chi connectivity index (χ1n) is 15.3. The maximum Gasteiger partial charge on any atom is -0.00199 e. The third-order valence-electron chi connectivity index (χ3n) is 9.21. The Morgan fingerprint density at radius 1 is 0.227 bits per heavy atom. The van der Waals surface area contributed by atoms with Crippen LogP contribution in [0.2, 0.25) is 0 Å². The minimum Gasteiger partial charge on any atom is -0.0622 e. The lowest BCUT2D eigenvalue weighted by Crippen LogP contribution is -1.93. The van der Waals surface area contributed by atoms with E-state index in [2.05, 4.69) is 170 Å². The molecule has 9 aromatic rings. The Morgan fingerprint density at radius 2 is 0.591 bits per heavy atom. The highest BCUT2D eigenvalue weighted by atomic mass is 14.2.